The first-order chi connectivity index (χ1) is 15.2. The van der Waals surface area contributed by atoms with Gasteiger partial charge in [-0.05, 0) is 38.9 Å². The maximum atomic E-state index is 13.2. The molecule has 0 aliphatic carbocycles. The van der Waals surface area contributed by atoms with Gasteiger partial charge in [-0.25, -0.2) is 9.97 Å². The highest BCUT2D eigenvalue weighted by Crippen LogP contribution is 2.28. The lowest BCUT2D eigenvalue weighted by molar-refractivity contribution is 0.102. The van der Waals surface area contributed by atoms with E-state index in [9.17, 15) is 4.79 Å². The van der Waals surface area contributed by atoms with E-state index >= 15 is 0 Å². The third-order valence-electron chi connectivity index (χ3n) is 5.54. The summed E-state index contributed by atoms with van der Waals surface area (Å²) in [5.74, 6) is -0.241. The summed E-state index contributed by atoms with van der Waals surface area (Å²) in [6, 6.07) is 11.5. The van der Waals surface area contributed by atoms with Gasteiger partial charge in [0.25, 0.3) is 11.6 Å². The molecule has 8 heteroatoms. The molecule has 31 heavy (non-hydrogen) atoms. The smallest absolute Gasteiger partial charge is 0.259 e. The highest BCUT2D eigenvalue weighted by atomic mass is 32.1. The summed E-state index contributed by atoms with van der Waals surface area (Å²) in [4.78, 5) is 24.8. The first-order valence-corrected chi connectivity index (χ1v) is 11.4. The molecule has 0 spiro atoms. The van der Waals surface area contributed by atoms with Crippen molar-refractivity contribution in [1.82, 2.24) is 20.0 Å². The Morgan fingerprint density at radius 1 is 1.16 bits per heavy atom. The number of carbonyl (C=O) groups is 1. The zero-order valence-corrected chi connectivity index (χ0v) is 18.1. The fourth-order valence-electron chi connectivity index (χ4n) is 3.98. The number of rotatable bonds is 5. The van der Waals surface area contributed by atoms with Gasteiger partial charge in [-0.2, -0.15) is 0 Å². The topological polar surface area (TPSA) is 84.1 Å². The number of nitrogens with zero attached hydrogens (tertiary/aromatic N) is 4. The predicted octanol–water partition coefficient (Wildman–Crippen LogP) is 4.89. The van der Waals surface area contributed by atoms with Crippen LogP contribution in [0.3, 0.4) is 0 Å². The van der Waals surface area contributed by atoms with E-state index in [0.29, 0.717) is 33.2 Å². The van der Waals surface area contributed by atoms with Crippen LogP contribution in [-0.4, -0.2) is 39.0 Å². The van der Waals surface area contributed by atoms with Crippen molar-refractivity contribution in [1.29, 1.82) is 0 Å². The van der Waals surface area contributed by atoms with Crippen LogP contribution >= 0.6 is 11.3 Å². The zero-order valence-electron chi connectivity index (χ0n) is 17.3. The van der Waals surface area contributed by atoms with E-state index in [4.69, 9.17) is 4.52 Å². The Labute approximate surface area is 184 Å². The summed E-state index contributed by atoms with van der Waals surface area (Å²) < 4.78 is 5.38. The van der Waals surface area contributed by atoms with E-state index in [1.807, 2.05) is 42.6 Å². The molecule has 0 radical (unpaired) electrons. The summed E-state index contributed by atoms with van der Waals surface area (Å²) in [7, 11) is 0. The largest absolute Gasteiger partial charge is 0.335 e. The van der Waals surface area contributed by atoms with Gasteiger partial charge in [0, 0.05) is 17.5 Å². The number of pyridine rings is 1. The number of nitrogens with one attached hydrogen (secondary N) is 1. The molecular weight excluding hydrogens is 410 g/mol. The van der Waals surface area contributed by atoms with Crippen molar-refractivity contribution < 1.29 is 9.32 Å². The number of aryl methyl sites for hydroxylation is 1. The van der Waals surface area contributed by atoms with Gasteiger partial charge in [0.2, 0.25) is 0 Å². The number of anilines is 1. The number of fused-ring (bicyclic) bond motifs is 1. The molecule has 1 aliphatic heterocycles. The quantitative estimate of drug-likeness (QED) is 0.482. The maximum absolute atomic E-state index is 13.2. The Bertz CT molecular complexity index is 1210. The normalized spacial score (nSPS) is 14.7. The number of aromatic nitrogens is 3. The number of piperidine rings is 1. The van der Waals surface area contributed by atoms with Gasteiger partial charge in [0.1, 0.15) is 0 Å². The van der Waals surface area contributed by atoms with Crippen molar-refractivity contribution in [2.24, 2.45) is 0 Å². The van der Waals surface area contributed by atoms with Crippen molar-refractivity contribution in [3.8, 4) is 11.3 Å². The second-order valence-corrected chi connectivity index (χ2v) is 8.66. The van der Waals surface area contributed by atoms with Gasteiger partial charge in [0.05, 0.1) is 28.0 Å². The Balaban J connectivity index is 1.41. The van der Waals surface area contributed by atoms with Gasteiger partial charge in [-0.15, -0.1) is 11.3 Å². The maximum Gasteiger partial charge on any atom is 0.259 e. The number of benzene rings is 1. The van der Waals surface area contributed by atoms with Crippen LogP contribution in [0.15, 0.2) is 46.3 Å². The van der Waals surface area contributed by atoms with Crippen LogP contribution in [0.25, 0.3) is 22.4 Å². The molecule has 1 fully saturated rings. The third-order valence-corrected chi connectivity index (χ3v) is 6.34. The Morgan fingerprint density at radius 3 is 2.77 bits per heavy atom. The van der Waals surface area contributed by atoms with Crippen molar-refractivity contribution >= 4 is 33.5 Å². The zero-order chi connectivity index (χ0) is 21.2. The number of likely N-dealkylation sites (tertiary alicyclic amines) is 1. The predicted molar refractivity (Wildman–Crippen MR) is 121 cm³/mol. The molecule has 1 aromatic carbocycles. The summed E-state index contributed by atoms with van der Waals surface area (Å²) in [6.07, 6.45) is 3.80. The first kappa shape index (κ1) is 19.8. The molecule has 0 unspecified atom stereocenters. The number of thiazole rings is 1. The summed E-state index contributed by atoms with van der Waals surface area (Å²) in [6.45, 7) is 4.87. The molecule has 158 valence electrons. The van der Waals surface area contributed by atoms with Crippen LogP contribution in [0.4, 0.5) is 5.13 Å². The third kappa shape index (κ3) is 4.22. The van der Waals surface area contributed by atoms with Gasteiger partial charge in [-0.3, -0.25) is 15.0 Å². The van der Waals surface area contributed by atoms with Gasteiger partial charge in [-0.1, -0.05) is 41.9 Å². The minimum Gasteiger partial charge on any atom is -0.335 e. The molecule has 3 aromatic heterocycles. The second kappa shape index (κ2) is 8.56. The van der Waals surface area contributed by atoms with Crippen LogP contribution < -0.4 is 5.32 Å². The van der Waals surface area contributed by atoms with Crippen molar-refractivity contribution in [2.75, 3.05) is 18.4 Å². The highest BCUT2D eigenvalue weighted by Gasteiger charge is 2.20. The lowest BCUT2D eigenvalue weighted by Gasteiger charge is -2.25. The van der Waals surface area contributed by atoms with Crippen LogP contribution in [0.5, 0.6) is 0 Å². The molecule has 1 amide bonds. The van der Waals surface area contributed by atoms with Crippen molar-refractivity contribution in [3.05, 3.63) is 58.7 Å². The molecule has 7 nitrogen and oxygen atoms in total. The molecule has 1 aliphatic rings. The monoisotopic (exact) mass is 433 g/mol. The highest BCUT2D eigenvalue weighted by molar-refractivity contribution is 7.14. The molecule has 0 saturated carbocycles. The second-order valence-electron chi connectivity index (χ2n) is 7.80. The lowest BCUT2D eigenvalue weighted by atomic mass is 10.1. The van der Waals surface area contributed by atoms with Crippen LogP contribution in [0, 0.1) is 6.92 Å². The fraction of sp³-hybridized carbons (Fsp3) is 0.304. The Hall–Kier alpha value is -3.10. The number of amides is 1. The Morgan fingerprint density at radius 2 is 1.97 bits per heavy atom. The van der Waals surface area contributed by atoms with Gasteiger partial charge >= 0.3 is 0 Å². The molecule has 1 N–H and O–H groups in total. The van der Waals surface area contributed by atoms with E-state index in [-0.39, 0.29) is 5.91 Å². The van der Waals surface area contributed by atoms with Crippen LogP contribution in [-0.2, 0) is 6.54 Å². The van der Waals surface area contributed by atoms with Gasteiger partial charge < -0.3 is 4.52 Å². The molecule has 0 bridgehead atoms. The van der Waals surface area contributed by atoms with E-state index in [0.717, 1.165) is 30.9 Å². The average Bonchev–Trinajstić information content (AvgIpc) is 3.40. The van der Waals surface area contributed by atoms with E-state index in [1.165, 1.54) is 30.6 Å². The standard InChI is InChI=1S/C23H23N5O2S/c1-15-20-18(12-19(25-22(20)30-27-15)16-8-4-2-5-9-16)21(29)26-23-24-17(14-31-23)13-28-10-6-3-7-11-28/h2,4-5,8-9,12,14H,3,6-7,10-11,13H2,1H3,(H,24,26,29). The van der Waals surface area contributed by atoms with E-state index in [2.05, 4.69) is 25.3 Å². The Kier molecular flexibility index (Phi) is 5.48. The van der Waals surface area contributed by atoms with Crippen LogP contribution in [0.1, 0.15) is 41.0 Å². The molecule has 4 heterocycles. The average molecular weight is 434 g/mol. The molecule has 0 atom stereocenters. The SMILES string of the molecule is Cc1noc2nc(-c3ccccc3)cc(C(=O)Nc3nc(CN4CCCCC4)cs3)c12. The summed E-state index contributed by atoms with van der Waals surface area (Å²) in [5.41, 5.74) is 4.04. The molecular formula is C23H23N5O2S. The molecule has 1 saturated heterocycles. The van der Waals surface area contributed by atoms with E-state index < -0.39 is 0 Å². The van der Waals surface area contributed by atoms with E-state index in [1.54, 1.807) is 6.07 Å². The molecule has 4 aromatic rings. The minimum absolute atomic E-state index is 0.241. The van der Waals surface area contributed by atoms with Crippen molar-refractivity contribution in [2.45, 2.75) is 32.7 Å². The number of carbonyl (C=O) groups excluding carboxylic acids is 1. The number of hydrogen-bond acceptors (Lipinski definition) is 7. The minimum atomic E-state index is -0.241. The first-order valence-electron chi connectivity index (χ1n) is 10.5. The van der Waals surface area contributed by atoms with Gasteiger partial charge in [0.15, 0.2) is 5.13 Å². The number of hydrogen-bond donors (Lipinski definition) is 1. The summed E-state index contributed by atoms with van der Waals surface area (Å²) >= 11 is 1.45. The molecule has 5 rings (SSSR count). The van der Waals surface area contributed by atoms with Crippen LogP contribution in [0.2, 0.25) is 0 Å². The fourth-order valence-corrected chi connectivity index (χ4v) is 4.68. The summed E-state index contributed by atoms with van der Waals surface area (Å²) in [5, 5.41) is 10.2. The lowest BCUT2D eigenvalue weighted by Crippen LogP contribution is -2.29. The van der Waals surface area contributed by atoms with Crippen molar-refractivity contribution in [3.63, 3.8) is 0 Å².